The molecular formula is C62H74BrClLiN5O23. The summed E-state index contributed by atoms with van der Waals surface area (Å²) in [5.41, 5.74) is 12.2. The number of halogens is 2. The Labute approximate surface area is 561 Å². The molecule has 0 aliphatic heterocycles. The molecule has 0 amide bonds. The van der Waals surface area contributed by atoms with Gasteiger partial charge in [0.1, 0.15) is 23.0 Å². The first-order chi connectivity index (χ1) is 43.3. The Morgan fingerprint density at radius 2 is 0.763 bits per heavy atom. The third kappa shape index (κ3) is 36.4. The van der Waals surface area contributed by atoms with E-state index in [1.807, 2.05) is 6.92 Å². The third-order valence-electron chi connectivity index (χ3n) is 11.3. The number of nitrogens with zero attached hydrogens (tertiary/aromatic N) is 3. The van der Waals surface area contributed by atoms with Crippen LogP contribution in [0.5, 0.6) is 23.0 Å². The standard InChI is InChI=1S/C14H17NO6.C14H19NO4.C12H15NO4.C8H6ClNO3.C8H7NO4.C6H11BrO2.Li/c1-3-20-14(17)5-4-8-21-11-6-7-13(15(18)19)12(9-11)10(2)16;1-3-18-14(17)5-4-8-19-11-6-7-13(15)12(9-11)10(2)16;1-8(14)10-7-9(4-5-11(10)13)17-6-2-3-12(15)16;1-5(11)7-4-6(9)2-3-8(7)10(12)13;1-5(10)7-4-6(11)2-3-8(7)9(12)13;1-2-9-6(8)4-3-5-7;/h6-7,9H,3-5,8H2,1-2H3;6-7,9H,3-5,8,15H2,1-2H3;4-5,7H,2-3,6,13H2,1H3,(H,15,16);2-4H,1H3;2-4,11H,1H3;2-5H2,1H3;/q;;;;;;+1/p-1. The average Bonchev–Trinajstić information content (AvgIpc) is 0.986. The number of anilines is 2. The molecule has 0 spiro atoms. The van der Waals surface area contributed by atoms with Crippen LogP contribution in [0.4, 0.5) is 28.4 Å². The van der Waals surface area contributed by atoms with Gasteiger partial charge < -0.3 is 54.9 Å². The zero-order valence-corrected chi connectivity index (χ0v) is 55.3. The number of esters is 3. The number of hydrogen-bond donors (Lipinski definition) is 3. The van der Waals surface area contributed by atoms with Crippen molar-refractivity contribution in [2.45, 2.75) is 107 Å². The quantitative estimate of drug-likeness (QED) is 0.00473. The summed E-state index contributed by atoms with van der Waals surface area (Å²) in [6.45, 7) is 14.0. The van der Waals surface area contributed by atoms with Crippen LogP contribution in [-0.2, 0) is 33.4 Å². The van der Waals surface area contributed by atoms with Gasteiger partial charge in [0.25, 0.3) is 17.1 Å². The number of ketones is 5. The van der Waals surface area contributed by atoms with Crippen molar-refractivity contribution >= 4 is 109 Å². The number of carboxylic acids is 1. The van der Waals surface area contributed by atoms with Crippen molar-refractivity contribution in [1.82, 2.24) is 0 Å². The van der Waals surface area contributed by atoms with Crippen LogP contribution < -0.4 is 49.6 Å². The minimum absolute atomic E-state index is 0. The second-order valence-corrected chi connectivity index (χ2v) is 19.8. The minimum Gasteiger partial charge on any atom is -0.550 e. The van der Waals surface area contributed by atoms with E-state index in [-0.39, 0.29) is 120 Å². The van der Waals surface area contributed by atoms with E-state index in [9.17, 15) is 78.6 Å². The second-order valence-electron chi connectivity index (χ2n) is 18.5. The molecule has 0 heterocycles. The van der Waals surface area contributed by atoms with Crippen LogP contribution in [0.2, 0.25) is 5.02 Å². The van der Waals surface area contributed by atoms with E-state index < -0.39 is 32.3 Å². The number of Topliss-reactive ketones (excluding diaryl/α,β-unsaturated/α-hetero) is 5. The Bertz CT molecular complexity index is 3280. The maximum atomic E-state index is 11.4. The summed E-state index contributed by atoms with van der Waals surface area (Å²) >= 11 is 8.81. The van der Waals surface area contributed by atoms with E-state index in [1.54, 1.807) is 50.2 Å². The van der Waals surface area contributed by atoms with E-state index >= 15 is 0 Å². The molecular weight excluding hydrogens is 1300 g/mol. The van der Waals surface area contributed by atoms with Crippen molar-refractivity contribution in [3.8, 4) is 23.0 Å². The van der Waals surface area contributed by atoms with Crippen molar-refractivity contribution in [3.63, 3.8) is 0 Å². The Balaban J connectivity index is 0. The van der Waals surface area contributed by atoms with Gasteiger partial charge in [0.2, 0.25) is 0 Å². The van der Waals surface area contributed by atoms with Crippen molar-refractivity contribution in [2.24, 2.45) is 0 Å². The number of phenolic OH excluding ortho intramolecular Hbond substituents is 1. The molecule has 0 atom stereocenters. The second kappa shape index (κ2) is 47.6. The molecule has 0 saturated carbocycles. The average molecular weight is 1380 g/mol. The number of nitro groups is 3. The zero-order chi connectivity index (χ0) is 70.0. The van der Waals surface area contributed by atoms with Crippen LogP contribution in [0.25, 0.3) is 0 Å². The van der Waals surface area contributed by atoms with Gasteiger partial charge in [-0.3, -0.25) is 68.7 Å². The van der Waals surface area contributed by atoms with E-state index in [2.05, 4.69) is 20.7 Å². The molecule has 28 nitrogen and oxygen atoms in total. The number of alkyl halides is 1. The fraction of sp³-hybridized carbons (Fsp3) is 0.371. The monoisotopic (exact) mass is 1380 g/mol. The summed E-state index contributed by atoms with van der Waals surface area (Å²) in [5.74, 6) is -1.90. The Kier molecular flexibility index (Phi) is 43.9. The number of hydrogen-bond acceptors (Lipinski definition) is 25. The van der Waals surface area contributed by atoms with Crippen LogP contribution in [0.3, 0.4) is 0 Å². The van der Waals surface area contributed by atoms with E-state index in [0.717, 1.165) is 23.9 Å². The largest absolute Gasteiger partial charge is 1.00 e. The van der Waals surface area contributed by atoms with Gasteiger partial charge in [0, 0.05) is 76.3 Å². The maximum absolute atomic E-state index is 11.4. The van der Waals surface area contributed by atoms with Crippen LogP contribution >= 0.6 is 27.5 Å². The van der Waals surface area contributed by atoms with Gasteiger partial charge >= 0.3 is 36.8 Å². The molecule has 5 rings (SSSR count). The predicted octanol–water partition coefficient (Wildman–Crippen LogP) is 7.78. The number of rotatable bonds is 29. The SMILES string of the molecule is CC(=O)c1cc(Cl)ccc1[N+](=O)[O-].CC(=O)c1cc(O)ccc1[N+](=O)[O-].CC(=O)c1cc(OCCCC(=O)[O-])ccc1N.CCOC(=O)CCCBr.CCOC(=O)CCCOc1ccc(N)c(C(C)=O)c1.CCOC(=O)CCCOc1ccc([N+](=O)[O-])c(C(C)=O)c1.[Li+]. The van der Waals surface area contributed by atoms with Crippen LogP contribution in [0.15, 0.2) is 91.0 Å². The van der Waals surface area contributed by atoms with Gasteiger partial charge in [-0.15, -0.1) is 0 Å². The minimum atomic E-state index is -1.10. The Morgan fingerprint density at radius 3 is 1.10 bits per heavy atom. The molecule has 500 valence electrons. The molecule has 93 heavy (non-hydrogen) atoms. The van der Waals surface area contributed by atoms with Crippen molar-refractivity contribution < 1.29 is 115 Å². The van der Waals surface area contributed by atoms with Gasteiger partial charge in [-0.25, -0.2) is 0 Å². The van der Waals surface area contributed by atoms with E-state index in [4.69, 9.17) is 51.9 Å². The van der Waals surface area contributed by atoms with Crippen LogP contribution in [0, 0.1) is 30.3 Å². The molecule has 0 bridgehead atoms. The number of aliphatic carboxylic acids is 1. The van der Waals surface area contributed by atoms with Gasteiger partial charge in [-0.2, -0.15) is 0 Å². The summed E-state index contributed by atoms with van der Waals surface area (Å²) in [6.07, 6.45) is 3.29. The summed E-state index contributed by atoms with van der Waals surface area (Å²) in [6, 6.07) is 21.0. The number of phenols is 1. The fourth-order valence-corrected chi connectivity index (χ4v) is 7.40. The number of nitrogen functional groups attached to an aromatic ring is 2. The number of nitro benzene ring substituents is 3. The molecule has 31 heteroatoms. The first-order valence-corrected chi connectivity index (χ1v) is 29.5. The molecule has 0 unspecified atom stereocenters. The third-order valence-corrected chi connectivity index (χ3v) is 12.1. The van der Waals surface area contributed by atoms with Crippen molar-refractivity contribution in [2.75, 3.05) is 56.4 Å². The molecule has 0 aliphatic rings. The van der Waals surface area contributed by atoms with Gasteiger partial charge in [-0.05, 0) is 160 Å². The first-order valence-electron chi connectivity index (χ1n) is 28.0. The normalized spacial score (nSPS) is 9.70. The molecule has 5 aromatic carbocycles. The maximum Gasteiger partial charge on any atom is 1.00 e. The van der Waals surface area contributed by atoms with Crippen molar-refractivity contribution in [3.05, 3.63) is 154 Å². The Morgan fingerprint density at radius 1 is 0.462 bits per heavy atom. The summed E-state index contributed by atoms with van der Waals surface area (Å²) in [7, 11) is 0. The number of carbonyl (C=O) groups excluding carboxylic acids is 9. The molecule has 0 aromatic heterocycles. The smallest absolute Gasteiger partial charge is 0.550 e. The van der Waals surface area contributed by atoms with Crippen LogP contribution in [-0.4, -0.2) is 118 Å². The predicted molar refractivity (Wildman–Crippen MR) is 340 cm³/mol. The fourth-order valence-electron chi connectivity index (χ4n) is 6.95. The number of nitrogens with two attached hydrogens (primary N) is 2. The summed E-state index contributed by atoms with van der Waals surface area (Å²) in [5, 5.41) is 52.0. The zero-order valence-electron chi connectivity index (χ0n) is 52.9. The molecule has 0 aliphatic carbocycles. The van der Waals surface area contributed by atoms with Crippen LogP contribution in [0.1, 0.15) is 159 Å². The number of carboxylic acid groups (broad SMARTS) is 1. The van der Waals surface area contributed by atoms with Gasteiger partial charge in [0.05, 0.1) is 71.1 Å². The Hall–Kier alpha value is -9.30. The number of carbonyl (C=O) groups is 9. The molecule has 0 radical (unpaired) electrons. The van der Waals surface area contributed by atoms with Crippen molar-refractivity contribution in [1.29, 1.82) is 0 Å². The van der Waals surface area contributed by atoms with E-state index in [1.165, 1.54) is 77.1 Å². The number of ether oxygens (including phenoxy) is 6. The topological polar surface area (TPSA) is 434 Å². The number of aromatic hydroxyl groups is 1. The molecule has 5 aromatic rings. The molecule has 0 fully saturated rings. The molecule has 5 N–H and O–H groups in total. The molecule has 0 saturated heterocycles. The van der Waals surface area contributed by atoms with E-state index in [0.29, 0.717) is 103 Å². The summed E-state index contributed by atoms with van der Waals surface area (Å²) < 4.78 is 30.4. The summed E-state index contributed by atoms with van der Waals surface area (Å²) in [4.78, 5) is 129. The first kappa shape index (κ1) is 85.8. The number of benzene rings is 5. The van der Waals surface area contributed by atoms with Gasteiger partial charge in [-0.1, -0.05) is 27.5 Å². The van der Waals surface area contributed by atoms with Gasteiger partial charge in [0.15, 0.2) is 28.9 Å².